The third-order valence-corrected chi connectivity index (χ3v) is 3.60. The fourth-order valence-corrected chi connectivity index (χ4v) is 0.805. The molecule has 0 aromatic carbocycles. The molecule has 0 spiro atoms. The van der Waals surface area contributed by atoms with Crippen molar-refractivity contribution >= 4 is 17.4 Å². The molecule has 0 bridgehead atoms. The Balaban J connectivity index is 0. The van der Waals surface area contributed by atoms with Gasteiger partial charge in [-0.3, -0.25) is 0 Å². The second-order valence-corrected chi connectivity index (χ2v) is 7.83. The maximum atomic E-state index is 9.08. The monoisotopic (exact) mass is 250 g/mol. The van der Waals surface area contributed by atoms with Gasteiger partial charge in [0.25, 0.3) is 0 Å². The zero-order chi connectivity index (χ0) is 11.8. The summed E-state index contributed by atoms with van der Waals surface area (Å²) in [6, 6.07) is 0. The molecule has 9 heteroatoms. The van der Waals surface area contributed by atoms with Crippen LogP contribution in [0.2, 0.25) is 0 Å². The number of aliphatic hydroxyl groups excluding tert-OH is 4. The van der Waals surface area contributed by atoms with Gasteiger partial charge in [0, 0.05) is 6.26 Å². The first-order chi connectivity index (χ1) is 6.24. The highest BCUT2D eigenvalue weighted by Gasteiger charge is 2.34. The summed E-state index contributed by atoms with van der Waals surface area (Å²) in [4.78, 5) is 0. The van der Waals surface area contributed by atoms with Crippen LogP contribution in [0.4, 0.5) is 0 Å². The van der Waals surface area contributed by atoms with Crippen LogP contribution in [0, 0.1) is 0 Å². The minimum atomic E-state index is -3.92. The van der Waals surface area contributed by atoms with Crippen molar-refractivity contribution in [2.75, 3.05) is 31.6 Å². The molecule has 0 heterocycles. The van der Waals surface area contributed by atoms with Crippen molar-refractivity contribution in [3.05, 3.63) is 0 Å². The van der Waals surface area contributed by atoms with Crippen molar-refractivity contribution in [2.45, 2.75) is 0 Å². The predicted octanol–water partition coefficient (Wildman–Crippen LogP) is -2.04. The van der Waals surface area contributed by atoms with E-state index < -0.39 is 17.4 Å². The average Bonchev–Trinajstić information content (AvgIpc) is 2.07. The van der Waals surface area contributed by atoms with Gasteiger partial charge in [-0.2, -0.15) is 0 Å². The lowest BCUT2D eigenvalue weighted by molar-refractivity contribution is 0.288. The second kappa shape index (κ2) is 7.47. The van der Waals surface area contributed by atoms with Gasteiger partial charge >= 0.3 is 0 Å². The minimum absolute atomic E-state index is 0.295. The Morgan fingerprint density at radius 2 is 1.14 bits per heavy atom. The first-order valence-corrected chi connectivity index (χ1v) is 7.78. The third kappa shape index (κ3) is 10.3. The molecule has 0 fully saturated rings. The van der Waals surface area contributed by atoms with E-state index in [4.69, 9.17) is 33.4 Å². The van der Waals surface area contributed by atoms with Gasteiger partial charge in [0.1, 0.15) is 7.26 Å². The lowest BCUT2D eigenvalue weighted by Gasteiger charge is -2.15. The van der Waals surface area contributed by atoms with Gasteiger partial charge < -0.3 is 25.0 Å². The molecule has 0 aliphatic rings. The maximum Gasteiger partial charge on any atom is 0.161 e. The molecular weight excluding hydrogens is 235 g/mol. The van der Waals surface area contributed by atoms with Crippen molar-refractivity contribution < 1.29 is 33.4 Å². The van der Waals surface area contributed by atoms with Gasteiger partial charge in [0.2, 0.25) is 0 Å². The van der Waals surface area contributed by atoms with E-state index >= 15 is 0 Å². The van der Waals surface area contributed by atoms with Crippen molar-refractivity contribution in [3.63, 3.8) is 0 Å². The summed E-state index contributed by atoms with van der Waals surface area (Å²) in [7, 11) is -6.11. The Hall–Kier alpha value is 0.180. The second-order valence-electron chi connectivity index (χ2n) is 2.61. The Labute approximate surface area is 83.1 Å². The Kier molecular flexibility index (Phi) is 8.86. The van der Waals surface area contributed by atoms with E-state index in [1.165, 1.54) is 0 Å². The molecule has 0 radical (unpaired) electrons. The lowest BCUT2D eigenvalue weighted by atomic mass is 11.6. The van der Waals surface area contributed by atoms with Crippen molar-refractivity contribution in [3.8, 4) is 0 Å². The lowest BCUT2D eigenvalue weighted by Crippen LogP contribution is -2.10. The standard InChI is InChI=1S/C4H12O4P.CH4O3S/c5-1-9(2-6,3-7)4-8;1-5(2,3)4/h5-8H,1-4H2;1H3,(H,2,3,4)/q+1;/p-1. The predicted molar refractivity (Wildman–Crippen MR) is 50.9 cm³/mol. The Morgan fingerprint density at radius 3 is 1.14 bits per heavy atom. The zero-order valence-corrected chi connectivity index (χ0v) is 9.41. The van der Waals surface area contributed by atoms with E-state index in [1.807, 2.05) is 0 Å². The van der Waals surface area contributed by atoms with E-state index in [1.54, 1.807) is 0 Å². The normalized spacial score (nSPS) is 11.9. The van der Waals surface area contributed by atoms with Gasteiger partial charge in [0.15, 0.2) is 25.4 Å². The molecule has 0 rings (SSSR count). The molecule has 0 saturated carbocycles. The topological polar surface area (TPSA) is 138 Å². The number of hydrogen-bond donors (Lipinski definition) is 4. The molecule has 0 aliphatic heterocycles. The third-order valence-electron chi connectivity index (χ3n) is 1.20. The summed E-state index contributed by atoms with van der Waals surface area (Å²) in [6.45, 7) is 0. The largest absolute Gasteiger partial charge is 0.748 e. The molecule has 88 valence electrons. The number of aliphatic hydroxyl groups is 4. The van der Waals surface area contributed by atoms with Crippen LogP contribution in [-0.2, 0) is 10.1 Å². The molecule has 7 nitrogen and oxygen atoms in total. The highest BCUT2D eigenvalue weighted by Crippen LogP contribution is 2.54. The van der Waals surface area contributed by atoms with Crippen LogP contribution in [0.15, 0.2) is 0 Å². The van der Waals surface area contributed by atoms with Gasteiger partial charge in [-0.1, -0.05) is 0 Å². The Bertz CT molecular complexity index is 197. The molecule has 0 aromatic heterocycles. The fourth-order valence-electron chi connectivity index (χ4n) is 0.268. The SMILES string of the molecule is CS(=O)(=O)[O-].OC[P+](CO)(CO)CO. The van der Waals surface area contributed by atoms with Crippen LogP contribution in [0.5, 0.6) is 0 Å². The van der Waals surface area contributed by atoms with Crippen LogP contribution < -0.4 is 0 Å². The molecular formula is C5H15O7PS. The average molecular weight is 250 g/mol. The van der Waals surface area contributed by atoms with Gasteiger partial charge in [0.05, 0.1) is 10.1 Å². The van der Waals surface area contributed by atoms with Crippen molar-refractivity contribution in [2.24, 2.45) is 0 Å². The summed E-state index contributed by atoms with van der Waals surface area (Å²) in [5.41, 5.74) is 0. The van der Waals surface area contributed by atoms with Gasteiger partial charge in [-0.05, 0) is 0 Å². The maximum absolute atomic E-state index is 9.08. The molecule has 14 heavy (non-hydrogen) atoms. The van der Waals surface area contributed by atoms with Crippen LogP contribution >= 0.6 is 7.26 Å². The van der Waals surface area contributed by atoms with Gasteiger partial charge in [-0.15, -0.1) is 0 Å². The first-order valence-electron chi connectivity index (χ1n) is 3.44. The summed E-state index contributed by atoms with van der Waals surface area (Å²) in [5.74, 6) is 0. The fraction of sp³-hybridized carbons (Fsp3) is 1.00. The van der Waals surface area contributed by atoms with E-state index in [-0.39, 0.29) is 25.4 Å². The highest BCUT2D eigenvalue weighted by molar-refractivity contribution is 7.84. The molecule has 0 unspecified atom stereocenters. The number of hydrogen-bond acceptors (Lipinski definition) is 7. The van der Waals surface area contributed by atoms with E-state index in [0.29, 0.717) is 6.26 Å². The Morgan fingerprint density at radius 1 is 1.00 bits per heavy atom. The summed E-state index contributed by atoms with van der Waals surface area (Å²) >= 11 is 0. The van der Waals surface area contributed by atoms with Crippen LogP contribution in [-0.4, -0.2) is 65.0 Å². The molecule has 0 amide bonds. The van der Waals surface area contributed by atoms with E-state index in [2.05, 4.69) is 0 Å². The van der Waals surface area contributed by atoms with Crippen LogP contribution in [0.3, 0.4) is 0 Å². The molecule has 4 N–H and O–H groups in total. The van der Waals surface area contributed by atoms with Crippen molar-refractivity contribution in [1.29, 1.82) is 0 Å². The van der Waals surface area contributed by atoms with E-state index in [0.717, 1.165) is 0 Å². The quantitative estimate of drug-likeness (QED) is 0.333. The van der Waals surface area contributed by atoms with Crippen molar-refractivity contribution in [1.82, 2.24) is 0 Å². The zero-order valence-electron chi connectivity index (χ0n) is 7.70. The van der Waals surface area contributed by atoms with Crippen LogP contribution in [0.25, 0.3) is 0 Å². The van der Waals surface area contributed by atoms with E-state index in [9.17, 15) is 0 Å². The summed E-state index contributed by atoms with van der Waals surface area (Å²) in [5, 5.41) is 34.2. The number of rotatable bonds is 4. The smallest absolute Gasteiger partial charge is 0.161 e. The minimum Gasteiger partial charge on any atom is -0.748 e. The van der Waals surface area contributed by atoms with Crippen LogP contribution in [0.1, 0.15) is 0 Å². The molecule has 0 aliphatic carbocycles. The molecule has 0 aromatic rings. The highest BCUT2D eigenvalue weighted by atomic mass is 32.2. The van der Waals surface area contributed by atoms with Gasteiger partial charge in [-0.25, -0.2) is 8.42 Å². The first kappa shape index (κ1) is 16.6. The molecule has 0 saturated heterocycles. The summed E-state index contributed by atoms with van der Waals surface area (Å²) < 4.78 is 27.2. The molecule has 0 atom stereocenters. The summed E-state index contributed by atoms with van der Waals surface area (Å²) in [6.07, 6.45) is -0.576.